The molecule has 3 amide bonds. The summed E-state index contributed by atoms with van der Waals surface area (Å²) in [6, 6.07) is 8.38. The summed E-state index contributed by atoms with van der Waals surface area (Å²) >= 11 is 43.5. The maximum absolute atomic E-state index is 12.5. The van der Waals surface area contributed by atoms with Gasteiger partial charge in [-0.15, -0.1) is 0 Å². The number of hydrogen-bond donors (Lipinski definition) is 7. The van der Waals surface area contributed by atoms with Crippen LogP contribution in [0.1, 0.15) is 46.0 Å². The second kappa shape index (κ2) is 38.5. The minimum absolute atomic E-state index is 0.0786. The second-order valence-corrected chi connectivity index (χ2v) is 32.9. The van der Waals surface area contributed by atoms with E-state index in [2.05, 4.69) is 66.3 Å². The Kier molecular flexibility index (Phi) is 27.5. The van der Waals surface area contributed by atoms with E-state index in [9.17, 15) is 19.5 Å². The lowest BCUT2D eigenvalue weighted by Gasteiger charge is -2.38. The number of carbonyl (C=O) groups is 3. The van der Waals surface area contributed by atoms with E-state index in [1.54, 1.807) is 36.8 Å². The number of pyridine rings is 3. The Hall–Kier alpha value is -10.1. The van der Waals surface area contributed by atoms with Crippen LogP contribution in [0.4, 0.5) is 34.9 Å². The van der Waals surface area contributed by atoms with Crippen LogP contribution in [0.3, 0.4) is 0 Å². The van der Waals surface area contributed by atoms with Gasteiger partial charge >= 0.3 is 0 Å². The van der Waals surface area contributed by atoms with E-state index in [1.807, 2.05) is 32.0 Å². The van der Waals surface area contributed by atoms with Crippen LogP contribution < -0.4 is 75.0 Å². The molecule has 0 radical (unpaired) electrons. The van der Waals surface area contributed by atoms with Crippen LogP contribution in [-0.4, -0.2) is 255 Å². The molecule has 3 aromatic carbocycles. The number of anilines is 6. The molecule has 7 N–H and O–H groups in total. The Morgan fingerprint density at radius 1 is 0.480 bits per heavy atom. The van der Waals surface area contributed by atoms with E-state index in [-0.39, 0.29) is 180 Å². The first-order valence-electron chi connectivity index (χ1n) is 40.0. The zero-order chi connectivity index (χ0) is 86.5. The van der Waals surface area contributed by atoms with Gasteiger partial charge in [-0.1, -0.05) is 89.3 Å². The Morgan fingerprint density at radius 2 is 0.829 bits per heavy atom. The molecule has 6 aliphatic rings. The van der Waals surface area contributed by atoms with Gasteiger partial charge < -0.3 is 104 Å². The molecular formula is C84H92Cl6N18O15. The molecule has 6 aliphatic heterocycles. The number of carbonyl (C=O) groups excluding carboxylic acids is 3. The molecule has 0 spiro atoms. The largest absolute Gasteiger partial charge is 0.495 e. The number of fused-ring (bicyclic) bond motifs is 3. The number of rotatable bonds is 31. The maximum Gasteiger partial charge on any atom is 0.243 e. The highest BCUT2D eigenvalue weighted by Crippen LogP contribution is 2.50. The first-order chi connectivity index (χ1) is 59.4. The van der Waals surface area contributed by atoms with E-state index in [1.165, 1.54) is 46.7 Å². The molecule has 15 rings (SSSR count). The van der Waals surface area contributed by atoms with Crippen molar-refractivity contribution in [2.24, 2.45) is 0 Å². The third-order valence-corrected chi connectivity index (χ3v) is 24.6. The molecule has 9 aromatic rings. The normalized spacial score (nSPS) is 20.9. The summed E-state index contributed by atoms with van der Waals surface area (Å²) in [5.41, 5.74) is 1.35. The van der Waals surface area contributed by atoms with Crippen molar-refractivity contribution < 1.29 is 71.6 Å². The van der Waals surface area contributed by atoms with E-state index in [0.717, 1.165) is 0 Å². The average molecular weight is 1810 g/mol. The van der Waals surface area contributed by atoms with Crippen LogP contribution in [-0.2, 0) is 38.1 Å². The lowest BCUT2D eigenvalue weighted by molar-refractivity contribution is -0.118. The Bertz CT molecular complexity index is 5490. The summed E-state index contributed by atoms with van der Waals surface area (Å²) < 4.78 is 66.7. The molecule has 33 nitrogen and oxygen atoms in total. The lowest BCUT2D eigenvalue weighted by atomic mass is 9.94. The van der Waals surface area contributed by atoms with Crippen molar-refractivity contribution in [2.75, 3.05) is 158 Å². The molecule has 6 fully saturated rings. The van der Waals surface area contributed by atoms with Crippen molar-refractivity contribution in [3.05, 3.63) is 123 Å². The number of benzene rings is 3. The zero-order valence-corrected chi connectivity index (χ0v) is 72.7. The van der Waals surface area contributed by atoms with Crippen molar-refractivity contribution in [3.63, 3.8) is 0 Å². The molecule has 8 atom stereocenters. The molecule has 0 aliphatic carbocycles. The van der Waals surface area contributed by atoms with Gasteiger partial charge in [-0.25, -0.2) is 44.9 Å². The highest BCUT2D eigenvalue weighted by atomic mass is 35.5. The molecule has 12 heterocycles. The monoisotopic (exact) mass is 1800 g/mol. The summed E-state index contributed by atoms with van der Waals surface area (Å²) in [7, 11) is 5.95. The number of piperidine rings is 2. The van der Waals surface area contributed by atoms with Crippen LogP contribution in [0.25, 0.3) is 66.9 Å². The number of aliphatic hydroxyl groups is 1. The van der Waals surface area contributed by atoms with Crippen molar-refractivity contribution in [2.45, 2.75) is 106 Å². The molecule has 0 saturated carbocycles. The van der Waals surface area contributed by atoms with Gasteiger partial charge in [-0.05, 0) is 76.0 Å². The maximum atomic E-state index is 12.5. The second-order valence-electron chi connectivity index (χ2n) is 30.6. The fourth-order valence-corrected chi connectivity index (χ4v) is 17.8. The van der Waals surface area contributed by atoms with Gasteiger partial charge in [0.05, 0.1) is 223 Å². The lowest BCUT2D eigenvalue weighted by Crippen LogP contribution is -2.47. The summed E-state index contributed by atoms with van der Waals surface area (Å²) in [5, 5.41) is 33.0. The Labute approximate surface area is 738 Å². The smallest absolute Gasteiger partial charge is 0.243 e. The summed E-state index contributed by atoms with van der Waals surface area (Å²) in [6.45, 7) is 19.5. The number of ether oxygens (including phenoxy) is 11. The summed E-state index contributed by atoms with van der Waals surface area (Å²) in [4.78, 5) is 88.7. The topological polar surface area (TPSA) is 371 Å². The number of amides is 3. The van der Waals surface area contributed by atoms with Gasteiger partial charge in [0, 0.05) is 80.0 Å². The Balaban J connectivity index is 0.667. The standard InChI is InChI=1S/C84H92Cl6N18O15/c1-10-66(109)97-54-39-117-36-51(54)94-63-25-45-48(31-91-63)100-79(103-81(45)106-18-13-43(14-19-106)120-23-24-122-62-30-60(116-9)75(88)71(77(62)90)80-101-49-32-92-64(95-52-37-118-40-55(52)98-67(110)11-2)26-46(49)82(104-80)107-20-16-84(5,112)17-21-107)70-74(87)59(115-8)29-61(76(70)89)121-22-15-44-35-108(34-42(4)123-44)83-47-27-65(96-53-38-119-41-56(53)99-68(111)12-3)93-33-50(47)102-78(105-83)69-72(85)57(113-6)28-58(114-7)73(69)86/h10-12,25-33,42-44,51-56,112H,1-3,13-24,34-41H2,4-9H3,(H,91,94)(H,92,95)(H,93,96)(H,97,109)(H,98,110)(H,99,111)/t42?,44?,51-,52-,53-,54+,55+,56+/m1/s1. The number of halogens is 6. The number of morpholine rings is 1. The SMILES string of the molecule is C=CC(=O)N[C@H]1COC[C@H]1Nc1cc2c(N3CC(C)OC(CCOc4cc(OC)c(Cl)c(-c5nc(N6CCC(OCCOc7cc(OC)c(Cl)c(-c8nc(N9CCC(C)(O)CC9)c9cc(N[C@@H]%10COC[C@@H]%10NC(=O)C=C)ncc9n8)c7Cl)CC6)c6cc(N[C@@H]7COC[C@@H]7NC(=O)C=C)ncc6n5)c4Cl)C3)nc(-c3c(Cl)c(OC)cc(OC)c3Cl)nc2cn1. The van der Waals surface area contributed by atoms with Crippen molar-refractivity contribution in [3.8, 4) is 68.7 Å². The minimum atomic E-state index is -0.866. The van der Waals surface area contributed by atoms with Crippen molar-refractivity contribution in [1.29, 1.82) is 0 Å². The van der Waals surface area contributed by atoms with Gasteiger partial charge in [-0.3, -0.25) is 14.4 Å². The molecule has 39 heteroatoms. The number of aromatic nitrogens is 9. The highest BCUT2D eigenvalue weighted by Gasteiger charge is 2.38. The number of methoxy groups -OCH3 is 4. The highest BCUT2D eigenvalue weighted by molar-refractivity contribution is 6.42. The van der Waals surface area contributed by atoms with E-state index in [4.69, 9.17) is 167 Å². The summed E-state index contributed by atoms with van der Waals surface area (Å²) in [6.07, 6.45) is 10.0. The first-order valence-corrected chi connectivity index (χ1v) is 42.3. The van der Waals surface area contributed by atoms with Crippen LogP contribution in [0, 0.1) is 0 Å². The third kappa shape index (κ3) is 19.4. The fourth-order valence-electron chi connectivity index (χ4n) is 15.8. The number of nitrogens with one attached hydrogen (secondary N) is 6. The molecular weight excluding hydrogens is 1710 g/mol. The number of hydrogen-bond acceptors (Lipinski definition) is 30. The van der Waals surface area contributed by atoms with Gasteiger partial charge in [-0.2, -0.15) is 0 Å². The molecule has 0 bridgehead atoms. The molecule has 650 valence electrons. The van der Waals surface area contributed by atoms with E-state index >= 15 is 0 Å². The van der Waals surface area contributed by atoms with Crippen molar-refractivity contribution >= 4 is 155 Å². The van der Waals surface area contributed by atoms with Crippen LogP contribution in [0.15, 0.2) is 93.0 Å². The van der Waals surface area contributed by atoms with E-state index < -0.39 is 11.7 Å². The quantitative estimate of drug-likeness (QED) is 0.0157. The first kappa shape index (κ1) is 87.7. The third-order valence-electron chi connectivity index (χ3n) is 22.3. The predicted molar refractivity (Wildman–Crippen MR) is 471 cm³/mol. The Morgan fingerprint density at radius 3 is 1.21 bits per heavy atom. The van der Waals surface area contributed by atoms with Gasteiger partial charge in [0.15, 0.2) is 17.5 Å². The zero-order valence-electron chi connectivity index (χ0n) is 68.2. The van der Waals surface area contributed by atoms with Gasteiger partial charge in [0.1, 0.15) is 76.0 Å². The molecule has 2 unspecified atom stereocenters. The van der Waals surface area contributed by atoms with E-state index in [0.29, 0.717) is 184 Å². The minimum Gasteiger partial charge on any atom is -0.495 e. The molecule has 6 saturated heterocycles. The van der Waals surface area contributed by atoms with Crippen LogP contribution in [0.5, 0.6) is 34.5 Å². The average Bonchev–Trinajstić information content (AvgIpc) is 1.74. The predicted octanol–water partition coefficient (Wildman–Crippen LogP) is 11.6. The van der Waals surface area contributed by atoms with Crippen LogP contribution in [0.2, 0.25) is 30.1 Å². The van der Waals surface area contributed by atoms with Gasteiger partial charge in [0.25, 0.3) is 0 Å². The van der Waals surface area contributed by atoms with Crippen LogP contribution >= 0.6 is 69.6 Å². The number of nitrogens with zero attached hydrogens (tertiary/aromatic N) is 12. The molecule has 6 aromatic heterocycles. The van der Waals surface area contributed by atoms with Gasteiger partial charge in [0.2, 0.25) is 17.7 Å². The summed E-state index contributed by atoms with van der Waals surface area (Å²) in [5.74, 6) is 4.27. The fraction of sp³-hybridized carbons (Fsp3) is 0.429. The van der Waals surface area contributed by atoms with Crippen molar-refractivity contribution in [1.82, 2.24) is 60.8 Å². The molecule has 123 heavy (non-hydrogen) atoms.